The molecule has 8 heteroatoms. The van der Waals surface area contributed by atoms with Crippen LogP contribution in [0.15, 0.2) is 42.5 Å². The number of benzene rings is 2. The summed E-state index contributed by atoms with van der Waals surface area (Å²) < 4.78 is 16.0. The van der Waals surface area contributed by atoms with Crippen molar-refractivity contribution in [1.29, 1.82) is 0 Å². The molecule has 2 aromatic carbocycles. The molecule has 0 heterocycles. The van der Waals surface area contributed by atoms with Gasteiger partial charge in [0.15, 0.2) is 18.1 Å². The van der Waals surface area contributed by atoms with E-state index in [9.17, 15) is 14.9 Å². The van der Waals surface area contributed by atoms with Gasteiger partial charge in [-0.15, -0.1) is 0 Å². The molecule has 0 unspecified atom stereocenters. The highest BCUT2D eigenvalue weighted by Crippen LogP contribution is 2.27. The number of rotatable bonds is 9. The largest absolute Gasteiger partial charge is 0.493 e. The van der Waals surface area contributed by atoms with Gasteiger partial charge in [0.25, 0.3) is 11.6 Å². The van der Waals surface area contributed by atoms with Crippen molar-refractivity contribution in [1.82, 2.24) is 5.32 Å². The Labute approximate surface area is 150 Å². The number of nitrogens with zero attached hydrogens (tertiary/aromatic N) is 1. The first kappa shape index (κ1) is 19.0. The third-order valence-corrected chi connectivity index (χ3v) is 3.44. The Morgan fingerprint density at radius 1 is 1.12 bits per heavy atom. The van der Waals surface area contributed by atoms with Crippen molar-refractivity contribution >= 4 is 11.6 Å². The van der Waals surface area contributed by atoms with Crippen LogP contribution in [0.2, 0.25) is 0 Å². The molecule has 8 nitrogen and oxygen atoms in total. The number of methoxy groups -OCH3 is 1. The van der Waals surface area contributed by atoms with Crippen molar-refractivity contribution < 1.29 is 23.9 Å². The van der Waals surface area contributed by atoms with Crippen LogP contribution < -0.4 is 19.5 Å². The van der Waals surface area contributed by atoms with Crippen molar-refractivity contribution in [2.24, 2.45) is 0 Å². The maximum Gasteiger partial charge on any atom is 0.269 e. The maximum absolute atomic E-state index is 11.9. The summed E-state index contributed by atoms with van der Waals surface area (Å²) in [4.78, 5) is 22.0. The number of carbonyl (C=O) groups excluding carboxylic acids is 1. The number of ether oxygens (including phenoxy) is 3. The minimum Gasteiger partial charge on any atom is -0.493 e. The van der Waals surface area contributed by atoms with Crippen molar-refractivity contribution in [3.63, 3.8) is 0 Å². The summed E-state index contributed by atoms with van der Waals surface area (Å²) >= 11 is 0. The lowest BCUT2D eigenvalue weighted by molar-refractivity contribution is -0.384. The maximum atomic E-state index is 11.9. The highest BCUT2D eigenvalue weighted by atomic mass is 16.6. The number of nitrogens with one attached hydrogen (secondary N) is 1. The fraction of sp³-hybridized carbons (Fsp3) is 0.278. The quantitative estimate of drug-likeness (QED) is 0.545. The number of hydrogen-bond donors (Lipinski definition) is 1. The number of amides is 1. The molecule has 0 aliphatic carbocycles. The Morgan fingerprint density at radius 2 is 1.85 bits per heavy atom. The molecule has 0 spiro atoms. The van der Waals surface area contributed by atoms with E-state index in [2.05, 4.69) is 5.32 Å². The number of nitro groups is 1. The molecule has 2 rings (SSSR count). The smallest absolute Gasteiger partial charge is 0.269 e. The van der Waals surface area contributed by atoms with E-state index in [1.54, 1.807) is 19.2 Å². The average Bonchev–Trinajstić information content (AvgIpc) is 2.66. The van der Waals surface area contributed by atoms with Gasteiger partial charge in [-0.1, -0.05) is 6.07 Å². The van der Waals surface area contributed by atoms with Crippen LogP contribution in [-0.4, -0.2) is 31.2 Å². The van der Waals surface area contributed by atoms with Gasteiger partial charge in [-0.3, -0.25) is 14.9 Å². The van der Waals surface area contributed by atoms with Gasteiger partial charge in [0.05, 0.1) is 18.6 Å². The fourth-order valence-corrected chi connectivity index (χ4v) is 2.16. The molecular formula is C18H20N2O6. The van der Waals surface area contributed by atoms with Crippen LogP contribution in [0.25, 0.3) is 0 Å². The van der Waals surface area contributed by atoms with Gasteiger partial charge in [0, 0.05) is 18.7 Å². The van der Waals surface area contributed by atoms with Crippen molar-refractivity contribution in [2.45, 2.75) is 13.5 Å². The summed E-state index contributed by atoms with van der Waals surface area (Å²) in [6.45, 7) is 2.54. The zero-order valence-electron chi connectivity index (χ0n) is 14.6. The van der Waals surface area contributed by atoms with Crippen molar-refractivity contribution in [3.05, 3.63) is 58.1 Å². The van der Waals surface area contributed by atoms with E-state index in [0.717, 1.165) is 5.56 Å². The normalized spacial score (nSPS) is 10.1. The Hall–Kier alpha value is -3.29. The molecule has 0 radical (unpaired) electrons. The zero-order chi connectivity index (χ0) is 18.9. The highest BCUT2D eigenvalue weighted by Gasteiger charge is 2.08. The lowest BCUT2D eigenvalue weighted by Crippen LogP contribution is -2.28. The second kappa shape index (κ2) is 9.26. The van der Waals surface area contributed by atoms with E-state index >= 15 is 0 Å². The molecule has 0 aliphatic heterocycles. The van der Waals surface area contributed by atoms with Gasteiger partial charge in [0.1, 0.15) is 5.75 Å². The Morgan fingerprint density at radius 3 is 2.46 bits per heavy atom. The average molecular weight is 360 g/mol. The molecule has 1 amide bonds. The second-order valence-electron chi connectivity index (χ2n) is 5.23. The topological polar surface area (TPSA) is 99.9 Å². The molecule has 2 aromatic rings. The summed E-state index contributed by atoms with van der Waals surface area (Å²) in [6, 6.07) is 11.0. The Kier molecular flexibility index (Phi) is 6.78. The third kappa shape index (κ3) is 5.37. The van der Waals surface area contributed by atoms with E-state index < -0.39 is 4.92 Å². The lowest BCUT2D eigenvalue weighted by atomic mass is 10.2. The van der Waals surface area contributed by atoms with Crippen LogP contribution in [0.3, 0.4) is 0 Å². The van der Waals surface area contributed by atoms with Gasteiger partial charge >= 0.3 is 0 Å². The molecule has 0 saturated carbocycles. The molecule has 0 fully saturated rings. The standard InChI is InChI=1S/C18H20N2O6/c1-3-25-16-9-4-13(10-17(16)24-2)11-19-18(21)12-26-15-7-5-14(6-8-15)20(22)23/h4-10H,3,11-12H2,1-2H3,(H,19,21). The molecule has 26 heavy (non-hydrogen) atoms. The highest BCUT2D eigenvalue weighted by molar-refractivity contribution is 5.77. The summed E-state index contributed by atoms with van der Waals surface area (Å²) in [5.41, 5.74) is 0.820. The summed E-state index contributed by atoms with van der Waals surface area (Å²) in [5, 5.41) is 13.3. The summed E-state index contributed by atoms with van der Waals surface area (Å²) in [5.74, 6) is 1.32. The zero-order valence-corrected chi connectivity index (χ0v) is 14.6. The molecule has 0 aromatic heterocycles. The van der Waals surface area contributed by atoms with Gasteiger partial charge in [0.2, 0.25) is 0 Å². The predicted molar refractivity (Wildman–Crippen MR) is 94.6 cm³/mol. The molecule has 1 N–H and O–H groups in total. The van der Waals surface area contributed by atoms with Gasteiger partial charge in [-0.05, 0) is 36.8 Å². The first-order valence-corrected chi connectivity index (χ1v) is 7.97. The second-order valence-corrected chi connectivity index (χ2v) is 5.23. The number of non-ortho nitro benzene ring substituents is 1. The predicted octanol–water partition coefficient (Wildman–Crippen LogP) is 2.70. The summed E-state index contributed by atoms with van der Waals surface area (Å²) in [7, 11) is 1.55. The van der Waals surface area contributed by atoms with E-state index in [4.69, 9.17) is 14.2 Å². The minimum atomic E-state index is -0.498. The lowest BCUT2D eigenvalue weighted by Gasteiger charge is -2.12. The van der Waals surface area contributed by atoms with E-state index in [1.807, 2.05) is 13.0 Å². The van der Waals surface area contributed by atoms with E-state index in [1.165, 1.54) is 24.3 Å². The van der Waals surface area contributed by atoms with Crippen LogP contribution in [0.5, 0.6) is 17.2 Å². The first-order valence-electron chi connectivity index (χ1n) is 7.97. The van der Waals surface area contributed by atoms with E-state index in [-0.39, 0.29) is 18.2 Å². The molecule has 138 valence electrons. The Bertz CT molecular complexity index is 761. The minimum absolute atomic E-state index is 0.0359. The van der Waals surface area contributed by atoms with Crippen molar-refractivity contribution in [3.8, 4) is 17.2 Å². The van der Waals surface area contributed by atoms with Gasteiger partial charge < -0.3 is 19.5 Å². The summed E-state index contributed by atoms with van der Waals surface area (Å²) in [6.07, 6.45) is 0. The van der Waals surface area contributed by atoms with Crippen molar-refractivity contribution in [2.75, 3.05) is 20.3 Å². The molecule has 0 atom stereocenters. The number of nitro benzene ring substituents is 1. The fourth-order valence-electron chi connectivity index (χ4n) is 2.16. The van der Waals surface area contributed by atoms with Gasteiger partial charge in [-0.25, -0.2) is 0 Å². The third-order valence-electron chi connectivity index (χ3n) is 3.44. The van der Waals surface area contributed by atoms with Crippen LogP contribution in [0.1, 0.15) is 12.5 Å². The van der Waals surface area contributed by atoms with Crippen LogP contribution in [0.4, 0.5) is 5.69 Å². The number of carbonyl (C=O) groups is 1. The van der Waals surface area contributed by atoms with E-state index in [0.29, 0.717) is 30.4 Å². The SMILES string of the molecule is CCOc1ccc(CNC(=O)COc2ccc([N+](=O)[O-])cc2)cc1OC. The van der Waals surface area contributed by atoms with Crippen LogP contribution >= 0.6 is 0 Å². The number of hydrogen-bond acceptors (Lipinski definition) is 6. The molecule has 0 saturated heterocycles. The molecular weight excluding hydrogens is 340 g/mol. The monoisotopic (exact) mass is 360 g/mol. The van der Waals surface area contributed by atoms with Crippen LogP contribution in [-0.2, 0) is 11.3 Å². The molecule has 0 aliphatic rings. The van der Waals surface area contributed by atoms with Gasteiger partial charge in [-0.2, -0.15) is 0 Å². The molecule has 0 bridgehead atoms. The van der Waals surface area contributed by atoms with Crippen LogP contribution in [0, 0.1) is 10.1 Å². The Balaban J connectivity index is 1.83. The first-order chi connectivity index (χ1) is 12.5.